The topological polar surface area (TPSA) is 123 Å². The number of aliphatic hydroxyl groups excluding tert-OH is 1. The summed E-state index contributed by atoms with van der Waals surface area (Å²) in [5, 5.41) is 14.2. The minimum atomic E-state index is -1.06. The molecule has 0 saturated carbocycles. The van der Waals surface area contributed by atoms with Crippen LogP contribution in [0.1, 0.15) is 20.8 Å². The Morgan fingerprint density at radius 3 is 2.83 bits per heavy atom. The van der Waals surface area contributed by atoms with Crippen LogP contribution in [0.5, 0.6) is 0 Å². The zero-order chi connectivity index (χ0) is 17.2. The Labute approximate surface area is 133 Å². The maximum atomic E-state index is 11.7. The molecule has 2 aliphatic rings. The van der Waals surface area contributed by atoms with E-state index in [1.807, 2.05) is 0 Å². The van der Waals surface area contributed by atoms with Crippen LogP contribution in [-0.4, -0.2) is 54.9 Å². The minimum Gasteiger partial charge on any atom is -0.480 e. The number of esters is 1. The standard InChI is InChI=1S/C14H21N3O6/c1-7-8(16-17-15)5-9(13(19)20-4)22-12(7)11(18)10-6-21-14(2,3)23-10/h5,7-8,10-12,18H,6H2,1-4H3/t7-,8+,10-,11-,12-/m1/s1. The Morgan fingerprint density at radius 1 is 1.61 bits per heavy atom. The molecular formula is C14H21N3O6. The smallest absolute Gasteiger partial charge is 0.372 e. The predicted octanol–water partition coefficient (Wildman–Crippen LogP) is 1.27. The van der Waals surface area contributed by atoms with Crippen LogP contribution in [0.3, 0.4) is 0 Å². The molecule has 0 aromatic carbocycles. The fourth-order valence-electron chi connectivity index (χ4n) is 2.69. The lowest BCUT2D eigenvalue weighted by atomic mass is 9.88. The molecule has 0 aliphatic carbocycles. The van der Waals surface area contributed by atoms with Crippen LogP contribution in [0.4, 0.5) is 0 Å². The molecule has 5 atom stereocenters. The zero-order valence-electron chi connectivity index (χ0n) is 13.5. The van der Waals surface area contributed by atoms with Crippen LogP contribution < -0.4 is 0 Å². The first-order valence-corrected chi connectivity index (χ1v) is 7.30. The van der Waals surface area contributed by atoms with Gasteiger partial charge in [-0.25, -0.2) is 4.79 Å². The molecule has 0 aromatic heterocycles. The Balaban J connectivity index is 2.22. The summed E-state index contributed by atoms with van der Waals surface area (Å²) in [6.07, 6.45) is -1.07. The van der Waals surface area contributed by atoms with E-state index in [0.717, 1.165) is 0 Å². The minimum absolute atomic E-state index is 0.0924. The van der Waals surface area contributed by atoms with E-state index in [1.165, 1.54) is 13.2 Å². The lowest BCUT2D eigenvalue weighted by Crippen LogP contribution is -2.49. The van der Waals surface area contributed by atoms with E-state index >= 15 is 0 Å². The number of aliphatic hydroxyl groups is 1. The summed E-state index contributed by atoms with van der Waals surface area (Å²) in [6.45, 7) is 5.45. The highest BCUT2D eigenvalue weighted by atomic mass is 16.7. The van der Waals surface area contributed by atoms with Gasteiger partial charge >= 0.3 is 5.97 Å². The largest absolute Gasteiger partial charge is 0.480 e. The van der Waals surface area contributed by atoms with Gasteiger partial charge in [0.1, 0.15) is 18.3 Å². The van der Waals surface area contributed by atoms with Gasteiger partial charge in [0, 0.05) is 10.8 Å². The molecule has 128 valence electrons. The van der Waals surface area contributed by atoms with Crippen LogP contribution in [0.2, 0.25) is 0 Å². The van der Waals surface area contributed by atoms with Crippen LogP contribution >= 0.6 is 0 Å². The lowest BCUT2D eigenvalue weighted by molar-refractivity contribution is -0.170. The molecule has 2 aliphatic heterocycles. The number of methoxy groups -OCH3 is 1. The van der Waals surface area contributed by atoms with Gasteiger partial charge in [-0.15, -0.1) is 0 Å². The third-order valence-electron chi connectivity index (χ3n) is 3.96. The predicted molar refractivity (Wildman–Crippen MR) is 78.0 cm³/mol. The summed E-state index contributed by atoms with van der Waals surface area (Å²) in [5.74, 6) is -1.95. The van der Waals surface area contributed by atoms with E-state index in [0.29, 0.717) is 0 Å². The van der Waals surface area contributed by atoms with Gasteiger partial charge in [-0.3, -0.25) is 0 Å². The molecule has 1 N–H and O–H groups in total. The number of carbonyl (C=O) groups excluding carboxylic acids is 1. The van der Waals surface area contributed by atoms with Crippen LogP contribution in [0.25, 0.3) is 10.4 Å². The average Bonchev–Trinajstić information content (AvgIpc) is 2.88. The van der Waals surface area contributed by atoms with Crippen molar-refractivity contribution in [3.8, 4) is 0 Å². The monoisotopic (exact) mass is 327 g/mol. The van der Waals surface area contributed by atoms with E-state index in [4.69, 9.17) is 19.7 Å². The second-order valence-corrected chi connectivity index (χ2v) is 6.02. The molecule has 9 nitrogen and oxygen atoms in total. The van der Waals surface area contributed by atoms with Gasteiger partial charge in [-0.2, -0.15) is 0 Å². The van der Waals surface area contributed by atoms with E-state index < -0.39 is 36.1 Å². The highest BCUT2D eigenvalue weighted by Crippen LogP contribution is 2.33. The van der Waals surface area contributed by atoms with E-state index in [9.17, 15) is 9.90 Å². The Morgan fingerprint density at radius 2 is 2.30 bits per heavy atom. The van der Waals surface area contributed by atoms with Crippen molar-refractivity contribution in [2.45, 2.75) is 50.9 Å². The molecular weight excluding hydrogens is 306 g/mol. The van der Waals surface area contributed by atoms with Crippen LogP contribution in [0.15, 0.2) is 16.9 Å². The fourth-order valence-corrected chi connectivity index (χ4v) is 2.69. The van der Waals surface area contributed by atoms with Gasteiger partial charge in [0.25, 0.3) is 0 Å². The summed E-state index contributed by atoms with van der Waals surface area (Å²) < 4.78 is 21.3. The fraction of sp³-hybridized carbons (Fsp3) is 0.786. The van der Waals surface area contributed by atoms with E-state index in [1.54, 1.807) is 20.8 Å². The normalized spacial score (nSPS) is 33.9. The van der Waals surface area contributed by atoms with Crippen LogP contribution in [-0.2, 0) is 23.7 Å². The second kappa shape index (κ2) is 6.76. The Hall–Kier alpha value is -1.80. The van der Waals surface area contributed by atoms with Crippen molar-refractivity contribution in [2.24, 2.45) is 11.0 Å². The van der Waals surface area contributed by atoms with E-state index in [-0.39, 0.29) is 18.3 Å². The average molecular weight is 327 g/mol. The Kier molecular flexibility index (Phi) is 5.16. The maximum Gasteiger partial charge on any atom is 0.372 e. The molecule has 0 amide bonds. The molecule has 1 fully saturated rings. The molecule has 2 rings (SSSR count). The number of azide groups is 1. The molecule has 23 heavy (non-hydrogen) atoms. The van der Waals surface area contributed by atoms with Crippen molar-refractivity contribution in [3.05, 3.63) is 22.3 Å². The summed E-state index contributed by atoms with van der Waals surface area (Å²) in [6, 6.07) is -0.641. The quantitative estimate of drug-likeness (QED) is 0.359. The van der Waals surface area contributed by atoms with Crippen molar-refractivity contribution >= 4 is 5.97 Å². The lowest BCUT2D eigenvalue weighted by Gasteiger charge is -2.37. The number of hydrogen-bond acceptors (Lipinski definition) is 7. The number of nitrogens with zero attached hydrogens (tertiary/aromatic N) is 3. The van der Waals surface area contributed by atoms with Gasteiger partial charge in [0.15, 0.2) is 5.79 Å². The van der Waals surface area contributed by atoms with Crippen molar-refractivity contribution in [2.75, 3.05) is 13.7 Å². The van der Waals surface area contributed by atoms with Crippen LogP contribution in [0, 0.1) is 5.92 Å². The summed E-state index contributed by atoms with van der Waals surface area (Å²) in [5.41, 5.74) is 8.69. The molecule has 0 spiro atoms. The van der Waals surface area contributed by atoms with Gasteiger partial charge in [-0.05, 0) is 25.5 Å². The number of hydrogen-bond donors (Lipinski definition) is 1. The van der Waals surface area contributed by atoms with Crippen molar-refractivity contribution < 1.29 is 28.8 Å². The summed E-state index contributed by atoms with van der Waals surface area (Å²) in [7, 11) is 1.22. The molecule has 9 heteroatoms. The summed E-state index contributed by atoms with van der Waals surface area (Å²) in [4.78, 5) is 14.5. The molecule has 0 aromatic rings. The van der Waals surface area contributed by atoms with Crippen molar-refractivity contribution in [1.29, 1.82) is 0 Å². The maximum absolute atomic E-state index is 11.7. The van der Waals surface area contributed by atoms with Crippen molar-refractivity contribution in [3.63, 3.8) is 0 Å². The molecule has 1 saturated heterocycles. The van der Waals surface area contributed by atoms with Gasteiger partial charge in [0.2, 0.25) is 5.76 Å². The van der Waals surface area contributed by atoms with Crippen molar-refractivity contribution in [1.82, 2.24) is 0 Å². The first kappa shape index (κ1) is 17.6. The number of rotatable bonds is 4. The van der Waals surface area contributed by atoms with Gasteiger partial charge in [-0.1, -0.05) is 12.0 Å². The first-order chi connectivity index (χ1) is 10.8. The third-order valence-corrected chi connectivity index (χ3v) is 3.96. The SMILES string of the molecule is COC(=O)C1=C[C@H](N=[N+]=[N-])[C@@H](C)[C@H]([C@H](O)[C@H]2COC(C)(C)O2)O1. The molecule has 2 heterocycles. The van der Waals surface area contributed by atoms with Gasteiger partial charge < -0.3 is 24.1 Å². The molecule has 0 bridgehead atoms. The first-order valence-electron chi connectivity index (χ1n) is 7.30. The zero-order valence-corrected chi connectivity index (χ0v) is 13.5. The second-order valence-electron chi connectivity index (χ2n) is 6.02. The highest BCUT2D eigenvalue weighted by Gasteiger charge is 2.45. The van der Waals surface area contributed by atoms with Gasteiger partial charge in [0.05, 0.1) is 19.8 Å². The Bertz CT molecular complexity index is 543. The highest BCUT2D eigenvalue weighted by molar-refractivity contribution is 5.86. The van der Waals surface area contributed by atoms with E-state index in [2.05, 4.69) is 14.8 Å². The third kappa shape index (κ3) is 3.76. The molecule has 0 radical (unpaired) electrons. The number of carbonyl (C=O) groups is 1. The number of ether oxygens (including phenoxy) is 4. The summed E-state index contributed by atoms with van der Waals surface area (Å²) >= 11 is 0. The molecule has 0 unspecified atom stereocenters.